The normalized spacial score (nSPS) is 14.8. The average molecular weight is 328 g/mol. The molecule has 1 aliphatic rings. The first-order valence-electron chi connectivity index (χ1n) is 7.60. The number of nitrogens with one attached hydrogen (secondary N) is 1. The van der Waals surface area contributed by atoms with Gasteiger partial charge in [-0.2, -0.15) is 5.26 Å². The minimum Gasteiger partial charge on any atom is -0.467 e. The predicted molar refractivity (Wildman–Crippen MR) is 83.2 cm³/mol. The van der Waals surface area contributed by atoms with Gasteiger partial charge in [0.25, 0.3) is 5.56 Å². The van der Waals surface area contributed by atoms with Crippen LogP contribution in [0.4, 0.5) is 0 Å². The highest BCUT2D eigenvalue weighted by molar-refractivity contribution is 5.76. The van der Waals surface area contributed by atoms with Crippen LogP contribution in [0.2, 0.25) is 0 Å². The van der Waals surface area contributed by atoms with Crippen LogP contribution in [0.3, 0.4) is 0 Å². The number of carbonyl (C=O) groups is 1. The molecule has 2 heterocycles. The SMILES string of the molecule is C[C@@H](NC(=O)Cn1c(=O)c(C#N)cn(C2CC2)c1=O)c1ccco1. The number of amides is 1. The summed E-state index contributed by atoms with van der Waals surface area (Å²) in [5.41, 5.74) is -1.46. The van der Waals surface area contributed by atoms with E-state index in [9.17, 15) is 14.4 Å². The minimum absolute atomic E-state index is 0.00144. The third-order valence-electron chi connectivity index (χ3n) is 3.91. The molecular weight excluding hydrogens is 312 g/mol. The van der Waals surface area contributed by atoms with Gasteiger partial charge in [0, 0.05) is 12.2 Å². The van der Waals surface area contributed by atoms with Crippen LogP contribution < -0.4 is 16.6 Å². The molecule has 2 aromatic rings. The van der Waals surface area contributed by atoms with Gasteiger partial charge in [-0.05, 0) is 31.9 Å². The molecule has 3 rings (SSSR count). The fourth-order valence-corrected chi connectivity index (χ4v) is 2.49. The van der Waals surface area contributed by atoms with E-state index in [1.165, 1.54) is 17.0 Å². The van der Waals surface area contributed by atoms with Crippen molar-refractivity contribution in [2.45, 2.75) is 38.4 Å². The molecule has 1 atom stereocenters. The summed E-state index contributed by atoms with van der Waals surface area (Å²) >= 11 is 0. The zero-order valence-corrected chi connectivity index (χ0v) is 13.1. The number of hydrogen-bond acceptors (Lipinski definition) is 5. The van der Waals surface area contributed by atoms with E-state index in [1.54, 1.807) is 25.1 Å². The summed E-state index contributed by atoms with van der Waals surface area (Å²) in [5, 5.41) is 11.7. The van der Waals surface area contributed by atoms with Crippen LogP contribution in [0.15, 0.2) is 38.6 Å². The second-order valence-corrected chi connectivity index (χ2v) is 5.77. The third kappa shape index (κ3) is 3.01. The van der Waals surface area contributed by atoms with Gasteiger partial charge in [-0.1, -0.05) is 0 Å². The molecule has 1 aliphatic carbocycles. The largest absolute Gasteiger partial charge is 0.467 e. The van der Waals surface area contributed by atoms with Crippen molar-refractivity contribution >= 4 is 5.91 Å². The average Bonchev–Trinajstić information content (AvgIpc) is 3.24. The van der Waals surface area contributed by atoms with E-state index >= 15 is 0 Å². The van der Waals surface area contributed by atoms with Gasteiger partial charge < -0.3 is 9.73 Å². The minimum atomic E-state index is -0.750. The monoisotopic (exact) mass is 328 g/mol. The highest BCUT2D eigenvalue weighted by Crippen LogP contribution is 2.33. The lowest BCUT2D eigenvalue weighted by atomic mass is 10.2. The number of carbonyl (C=O) groups excluding carboxylic acids is 1. The summed E-state index contributed by atoms with van der Waals surface area (Å²) in [6, 6.07) is 4.81. The predicted octanol–water partition coefficient (Wildman–Crippen LogP) is 0.687. The first-order valence-corrected chi connectivity index (χ1v) is 7.60. The van der Waals surface area contributed by atoms with Crippen LogP contribution in [0.5, 0.6) is 0 Å². The van der Waals surface area contributed by atoms with Crippen molar-refractivity contribution in [2.24, 2.45) is 0 Å². The summed E-state index contributed by atoms with van der Waals surface area (Å²) in [5.74, 6) is 0.0624. The van der Waals surface area contributed by atoms with E-state index in [-0.39, 0.29) is 11.6 Å². The van der Waals surface area contributed by atoms with Crippen molar-refractivity contribution in [3.05, 3.63) is 56.8 Å². The van der Waals surface area contributed by atoms with Gasteiger partial charge in [0.2, 0.25) is 5.91 Å². The summed E-state index contributed by atoms with van der Waals surface area (Å²) in [7, 11) is 0. The lowest BCUT2D eigenvalue weighted by molar-refractivity contribution is -0.122. The number of rotatable bonds is 5. The van der Waals surface area contributed by atoms with Gasteiger partial charge in [0.1, 0.15) is 23.9 Å². The maximum absolute atomic E-state index is 12.4. The van der Waals surface area contributed by atoms with Crippen molar-refractivity contribution in [2.75, 3.05) is 0 Å². The molecule has 0 spiro atoms. The number of nitrogens with zero attached hydrogens (tertiary/aromatic N) is 3. The Morgan fingerprint density at radius 2 is 2.25 bits per heavy atom. The number of furan rings is 1. The van der Waals surface area contributed by atoms with E-state index in [4.69, 9.17) is 9.68 Å². The van der Waals surface area contributed by atoms with E-state index in [0.29, 0.717) is 5.76 Å². The van der Waals surface area contributed by atoms with E-state index < -0.39 is 29.7 Å². The Morgan fingerprint density at radius 3 is 2.83 bits per heavy atom. The van der Waals surface area contributed by atoms with Gasteiger partial charge in [0.15, 0.2) is 0 Å². The molecule has 1 amide bonds. The van der Waals surface area contributed by atoms with E-state index in [1.807, 2.05) is 0 Å². The van der Waals surface area contributed by atoms with E-state index in [2.05, 4.69) is 5.32 Å². The van der Waals surface area contributed by atoms with Crippen molar-refractivity contribution in [1.82, 2.24) is 14.5 Å². The Balaban J connectivity index is 1.85. The van der Waals surface area contributed by atoms with Gasteiger partial charge in [-0.15, -0.1) is 0 Å². The highest BCUT2D eigenvalue weighted by Gasteiger charge is 2.27. The van der Waals surface area contributed by atoms with Crippen LogP contribution in [0.25, 0.3) is 0 Å². The van der Waals surface area contributed by atoms with E-state index in [0.717, 1.165) is 17.4 Å². The molecule has 0 aliphatic heterocycles. The highest BCUT2D eigenvalue weighted by atomic mass is 16.3. The molecule has 0 saturated heterocycles. The van der Waals surface area contributed by atoms with Crippen molar-refractivity contribution in [3.63, 3.8) is 0 Å². The Hall–Kier alpha value is -3.08. The summed E-state index contributed by atoms with van der Waals surface area (Å²) < 4.78 is 7.37. The summed E-state index contributed by atoms with van der Waals surface area (Å²) in [6.07, 6.45) is 4.42. The quantitative estimate of drug-likeness (QED) is 0.868. The van der Waals surface area contributed by atoms with Gasteiger partial charge in [-0.3, -0.25) is 14.2 Å². The maximum atomic E-state index is 12.4. The van der Waals surface area contributed by atoms with Crippen molar-refractivity contribution in [3.8, 4) is 6.07 Å². The van der Waals surface area contributed by atoms with Gasteiger partial charge in [0.05, 0.1) is 12.3 Å². The van der Waals surface area contributed by atoms with Crippen LogP contribution in [-0.2, 0) is 11.3 Å². The number of hydrogen-bond donors (Lipinski definition) is 1. The van der Waals surface area contributed by atoms with Crippen molar-refractivity contribution in [1.29, 1.82) is 5.26 Å². The third-order valence-corrected chi connectivity index (χ3v) is 3.91. The van der Waals surface area contributed by atoms with Crippen LogP contribution in [0.1, 0.15) is 43.2 Å². The topological polar surface area (TPSA) is 110 Å². The molecule has 0 aromatic carbocycles. The van der Waals surface area contributed by atoms with Crippen molar-refractivity contribution < 1.29 is 9.21 Å². The lowest BCUT2D eigenvalue weighted by Crippen LogP contribution is -2.44. The fraction of sp³-hybridized carbons (Fsp3) is 0.375. The Labute approximate surface area is 136 Å². The van der Waals surface area contributed by atoms with Crippen LogP contribution in [-0.4, -0.2) is 15.0 Å². The molecule has 1 fully saturated rings. The Bertz CT molecular complexity index is 913. The Kier molecular flexibility index (Phi) is 4.08. The van der Waals surface area contributed by atoms with Crippen LogP contribution in [0, 0.1) is 11.3 Å². The number of aromatic nitrogens is 2. The fourth-order valence-electron chi connectivity index (χ4n) is 2.49. The zero-order valence-electron chi connectivity index (χ0n) is 13.1. The molecule has 1 saturated carbocycles. The zero-order chi connectivity index (χ0) is 17.3. The first kappa shape index (κ1) is 15.8. The summed E-state index contributed by atoms with van der Waals surface area (Å²) in [6.45, 7) is 1.29. The molecule has 8 nitrogen and oxygen atoms in total. The lowest BCUT2D eigenvalue weighted by Gasteiger charge is -2.13. The molecule has 0 radical (unpaired) electrons. The second kappa shape index (κ2) is 6.20. The molecule has 124 valence electrons. The second-order valence-electron chi connectivity index (χ2n) is 5.77. The van der Waals surface area contributed by atoms with Gasteiger partial charge >= 0.3 is 5.69 Å². The summed E-state index contributed by atoms with van der Waals surface area (Å²) in [4.78, 5) is 36.8. The molecular formula is C16H16N4O4. The molecule has 8 heteroatoms. The molecule has 0 bridgehead atoms. The first-order chi connectivity index (χ1) is 11.5. The maximum Gasteiger partial charge on any atom is 0.331 e. The Morgan fingerprint density at radius 1 is 1.50 bits per heavy atom. The molecule has 24 heavy (non-hydrogen) atoms. The smallest absolute Gasteiger partial charge is 0.331 e. The molecule has 2 aromatic heterocycles. The van der Waals surface area contributed by atoms with Gasteiger partial charge in [-0.25, -0.2) is 9.36 Å². The van der Waals surface area contributed by atoms with Crippen LogP contribution >= 0.6 is 0 Å². The molecule has 0 unspecified atom stereocenters. The number of nitriles is 1. The standard InChI is InChI=1S/C16H16N4O4/c1-10(13-3-2-6-24-13)18-14(21)9-20-15(22)11(7-17)8-19(16(20)23)12-4-5-12/h2-3,6,8,10,12H,4-5,9H2,1H3,(H,18,21)/t10-/m1/s1. The molecule has 1 N–H and O–H groups in total.